The molecule has 1 rings (SSSR count). The number of rotatable bonds is 4. The maximum absolute atomic E-state index is 8.46. The van der Waals surface area contributed by atoms with Crippen molar-refractivity contribution in [3.05, 3.63) is 5.56 Å². The van der Waals surface area contributed by atoms with E-state index in [-0.39, 0.29) is 17.8 Å². The molecule has 0 atom stereocenters. The molecule has 0 spiro atoms. The molecule has 7 nitrogen and oxygen atoms in total. The van der Waals surface area contributed by atoms with Gasteiger partial charge >= 0.3 is 6.01 Å². The van der Waals surface area contributed by atoms with Gasteiger partial charge in [-0.3, -0.25) is 0 Å². The molecule has 0 aliphatic carbocycles. The number of hydrogen-bond acceptors (Lipinski definition) is 7. The van der Waals surface area contributed by atoms with E-state index in [1.54, 1.807) is 0 Å². The molecule has 0 radical (unpaired) electrons. The Bertz CT molecular complexity index is 342. The Kier molecular flexibility index (Phi) is 3.67. The molecule has 0 unspecified atom stereocenters. The number of oxime groups is 1. The molecular formula is C8H11N3O4. The first-order valence-corrected chi connectivity index (χ1v) is 3.98. The average Bonchev–Trinajstić information content (AvgIpc) is 2.29. The fourth-order valence-corrected chi connectivity index (χ4v) is 0.981. The van der Waals surface area contributed by atoms with Crippen LogP contribution in [-0.2, 0) is 0 Å². The van der Waals surface area contributed by atoms with Gasteiger partial charge in [0.15, 0.2) is 0 Å². The van der Waals surface area contributed by atoms with Crippen LogP contribution in [0, 0.1) is 0 Å². The first kappa shape index (κ1) is 11.0. The molecule has 0 amide bonds. The maximum Gasteiger partial charge on any atom is 0.322 e. The van der Waals surface area contributed by atoms with Crippen molar-refractivity contribution >= 4 is 6.21 Å². The summed E-state index contributed by atoms with van der Waals surface area (Å²) in [5, 5.41) is 11.3. The van der Waals surface area contributed by atoms with Crippen molar-refractivity contribution < 1.29 is 19.4 Å². The van der Waals surface area contributed by atoms with E-state index in [9.17, 15) is 0 Å². The molecule has 7 heteroatoms. The molecule has 0 fully saturated rings. The Labute approximate surface area is 86.3 Å². The number of methoxy groups -OCH3 is 3. The monoisotopic (exact) mass is 213 g/mol. The van der Waals surface area contributed by atoms with E-state index in [2.05, 4.69) is 15.1 Å². The van der Waals surface area contributed by atoms with Crippen LogP contribution in [0.25, 0.3) is 0 Å². The van der Waals surface area contributed by atoms with Crippen molar-refractivity contribution in [2.75, 3.05) is 21.3 Å². The van der Waals surface area contributed by atoms with Gasteiger partial charge in [0, 0.05) is 0 Å². The summed E-state index contributed by atoms with van der Waals surface area (Å²) >= 11 is 0. The van der Waals surface area contributed by atoms with Gasteiger partial charge in [-0.25, -0.2) is 0 Å². The van der Waals surface area contributed by atoms with Crippen LogP contribution < -0.4 is 14.2 Å². The molecule has 0 aliphatic heterocycles. The van der Waals surface area contributed by atoms with E-state index in [4.69, 9.17) is 19.4 Å². The van der Waals surface area contributed by atoms with Gasteiger partial charge in [-0.15, -0.1) is 0 Å². The summed E-state index contributed by atoms with van der Waals surface area (Å²) < 4.78 is 14.8. The summed E-state index contributed by atoms with van der Waals surface area (Å²) in [5.41, 5.74) is 0.336. The Hall–Kier alpha value is -2.05. The minimum atomic E-state index is 0.110. The van der Waals surface area contributed by atoms with Crippen LogP contribution >= 0.6 is 0 Å². The summed E-state index contributed by atoms with van der Waals surface area (Å²) in [6.45, 7) is 0. The fourth-order valence-electron chi connectivity index (χ4n) is 0.981. The number of nitrogens with zero attached hydrogens (tertiary/aromatic N) is 3. The Morgan fingerprint density at radius 1 is 1.07 bits per heavy atom. The zero-order valence-electron chi connectivity index (χ0n) is 8.59. The normalized spacial score (nSPS) is 10.3. The Balaban J connectivity index is 3.32. The lowest BCUT2D eigenvalue weighted by Gasteiger charge is -2.08. The summed E-state index contributed by atoms with van der Waals surface area (Å²) in [6, 6.07) is 0.110. The third-order valence-corrected chi connectivity index (χ3v) is 1.61. The van der Waals surface area contributed by atoms with Gasteiger partial charge in [-0.05, 0) is 0 Å². The minimum Gasteiger partial charge on any atom is -0.480 e. The maximum atomic E-state index is 8.46. The van der Waals surface area contributed by atoms with Crippen molar-refractivity contribution in [1.82, 2.24) is 9.97 Å². The van der Waals surface area contributed by atoms with E-state index < -0.39 is 0 Å². The van der Waals surface area contributed by atoms with Crippen LogP contribution in [0.4, 0.5) is 0 Å². The molecule has 1 aromatic heterocycles. The van der Waals surface area contributed by atoms with E-state index >= 15 is 0 Å². The van der Waals surface area contributed by atoms with Crippen molar-refractivity contribution in [2.45, 2.75) is 0 Å². The highest BCUT2D eigenvalue weighted by molar-refractivity contribution is 5.85. The molecule has 0 aromatic carbocycles. The third-order valence-electron chi connectivity index (χ3n) is 1.61. The first-order chi connectivity index (χ1) is 7.26. The molecule has 15 heavy (non-hydrogen) atoms. The highest BCUT2D eigenvalue weighted by atomic mass is 16.5. The van der Waals surface area contributed by atoms with Gasteiger partial charge in [0.05, 0.1) is 27.5 Å². The SMILES string of the molecule is COc1nc(OC)c(/C=N\O)c(OC)n1. The van der Waals surface area contributed by atoms with Gasteiger partial charge in [0.2, 0.25) is 11.8 Å². The van der Waals surface area contributed by atoms with Crippen molar-refractivity contribution in [3.63, 3.8) is 0 Å². The molecule has 0 bridgehead atoms. The van der Waals surface area contributed by atoms with Crippen LogP contribution in [0.3, 0.4) is 0 Å². The summed E-state index contributed by atoms with van der Waals surface area (Å²) in [6.07, 6.45) is 1.12. The third kappa shape index (κ3) is 2.25. The Morgan fingerprint density at radius 3 is 1.93 bits per heavy atom. The van der Waals surface area contributed by atoms with Crippen LogP contribution in [0.1, 0.15) is 5.56 Å². The molecular weight excluding hydrogens is 202 g/mol. The number of ether oxygens (including phenoxy) is 3. The molecule has 0 aliphatic rings. The zero-order chi connectivity index (χ0) is 11.3. The van der Waals surface area contributed by atoms with Crippen molar-refractivity contribution in [3.8, 4) is 17.8 Å². The van der Waals surface area contributed by atoms with Gasteiger partial charge in [0.25, 0.3) is 0 Å². The molecule has 0 saturated heterocycles. The van der Waals surface area contributed by atoms with E-state index in [0.29, 0.717) is 5.56 Å². The van der Waals surface area contributed by atoms with Crippen LogP contribution in [0.5, 0.6) is 17.8 Å². The highest BCUT2D eigenvalue weighted by Crippen LogP contribution is 2.25. The van der Waals surface area contributed by atoms with Crippen molar-refractivity contribution in [1.29, 1.82) is 0 Å². The molecule has 1 N–H and O–H groups in total. The second-order valence-corrected chi connectivity index (χ2v) is 2.39. The average molecular weight is 213 g/mol. The van der Waals surface area contributed by atoms with Gasteiger partial charge < -0.3 is 19.4 Å². The van der Waals surface area contributed by atoms with Gasteiger partial charge in [0.1, 0.15) is 5.56 Å². The van der Waals surface area contributed by atoms with Crippen LogP contribution in [-0.4, -0.2) is 42.7 Å². The number of aromatic nitrogens is 2. The summed E-state index contributed by atoms with van der Waals surface area (Å²) in [4.78, 5) is 7.80. The van der Waals surface area contributed by atoms with Crippen LogP contribution in [0.15, 0.2) is 5.16 Å². The Morgan fingerprint density at radius 2 is 1.60 bits per heavy atom. The standard InChI is InChI=1S/C8H11N3O4/c1-13-6-5(4-9-12)7(14-2)11-8(10-6)15-3/h4,12H,1-3H3/b9-4-. The van der Waals surface area contributed by atoms with E-state index in [1.165, 1.54) is 21.3 Å². The first-order valence-electron chi connectivity index (χ1n) is 3.98. The lowest BCUT2D eigenvalue weighted by molar-refractivity contribution is 0.317. The molecule has 1 heterocycles. The second-order valence-electron chi connectivity index (χ2n) is 2.39. The zero-order valence-corrected chi connectivity index (χ0v) is 8.59. The van der Waals surface area contributed by atoms with Crippen molar-refractivity contribution in [2.24, 2.45) is 5.16 Å². The summed E-state index contributed by atoms with van der Waals surface area (Å²) in [5.74, 6) is 0.410. The topological polar surface area (TPSA) is 86.1 Å². The predicted molar refractivity (Wildman–Crippen MR) is 51.1 cm³/mol. The highest BCUT2D eigenvalue weighted by Gasteiger charge is 2.14. The van der Waals surface area contributed by atoms with Gasteiger partial charge in [-0.1, -0.05) is 5.16 Å². The van der Waals surface area contributed by atoms with E-state index in [0.717, 1.165) is 6.21 Å². The smallest absolute Gasteiger partial charge is 0.322 e. The van der Waals surface area contributed by atoms with Gasteiger partial charge in [-0.2, -0.15) is 9.97 Å². The molecule has 1 aromatic rings. The lowest BCUT2D eigenvalue weighted by atomic mass is 10.3. The lowest BCUT2D eigenvalue weighted by Crippen LogP contribution is -2.03. The molecule has 82 valence electrons. The second kappa shape index (κ2) is 4.99. The molecule has 0 saturated carbocycles. The fraction of sp³-hybridized carbons (Fsp3) is 0.375. The minimum absolute atomic E-state index is 0.110. The predicted octanol–water partition coefficient (Wildman–Crippen LogP) is 0.310. The van der Waals surface area contributed by atoms with Crippen LogP contribution in [0.2, 0.25) is 0 Å². The quantitative estimate of drug-likeness (QED) is 0.440. The van der Waals surface area contributed by atoms with E-state index in [1.807, 2.05) is 0 Å². The summed E-state index contributed by atoms with van der Waals surface area (Å²) in [7, 11) is 4.28. The largest absolute Gasteiger partial charge is 0.480 e. The number of hydrogen-bond donors (Lipinski definition) is 1.